The number of aliphatic hydroxyl groups is 1. The van der Waals surface area contributed by atoms with Gasteiger partial charge < -0.3 is 14.6 Å². The van der Waals surface area contributed by atoms with Gasteiger partial charge in [-0.1, -0.05) is 84.3 Å². The molecule has 0 aromatic heterocycles. The standard InChI is InChI=1S/C37H60O5/c1-25(2)13-12-14-26(3)30-19-20-31-29-18-17-27-23-28(38)24-37(36(27,5)32(29)21-22-35(30,31)4)41-33(39)15-10-8-6-7-9-11-16-34(40)42-37/h17,25-26,28-32,38H,6-16,18-24H2,1-5H3/t26-,28+,29+,30-,31+,32+,35-,36+/m1/s1. The van der Waals surface area contributed by atoms with Crippen molar-refractivity contribution in [3.63, 3.8) is 0 Å². The summed E-state index contributed by atoms with van der Waals surface area (Å²) in [7, 11) is 0. The van der Waals surface area contributed by atoms with E-state index < -0.39 is 17.3 Å². The van der Waals surface area contributed by atoms with Crippen molar-refractivity contribution in [1.82, 2.24) is 0 Å². The van der Waals surface area contributed by atoms with E-state index in [0.717, 1.165) is 74.7 Å². The predicted octanol–water partition coefficient (Wildman–Crippen LogP) is 8.92. The normalized spacial score (nSPS) is 39.9. The molecule has 3 saturated carbocycles. The predicted molar refractivity (Wildman–Crippen MR) is 166 cm³/mol. The maximum Gasteiger partial charge on any atom is 0.309 e. The Hall–Kier alpha value is -1.36. The van der Waals surface area contributed by atoms with E-state index in [0.29, 0.717) is 36.5 Å². The van der Waals surface area contributed by atoms with Gasteiger partial charge in [-0.15, -0.1) is 0 Å². The molecular formula is C37H60O5. The van der Waals surface area contributed by atoms with Crippen molar-refractivity contribution < 1.29 is 24.2 Å². The third kappa shape index (κ3) is 5.98. The van der Waals surface area contributed by atoms with Gasteiger partial charge in [0.15, 0.2) is 0 Å². The number of aliphatic hydroxyl groups excluding tert-OH is 1. The van der Waals surface area contributed by atoms with E-state index in [9.17, 15) is 14.7 Å². The Morgan fingerprint density at radius 2 is 1.52 bits per heavy atom. The zero-order valence-corrected chi connectivity index (χ0v) is 27.4. The second kappa shape index (κ2) is 12.9. The van der Waals surface area contributed by atoms with Gasteiger partial charge >= 0.3 is 11.9 Å². The number of hydrogen-bond donors (Lipinski definition) is 1. The highest BCUT2D eigenvalue weighted by atomic mass is 16.7. The Morgan fingerprint density at radius 3 is 2.17 bits per heavy atom. The number of ether oxygens (including phenoxy) is 2. The molecule has 0 radical (unpaired) electrons. The SMILES string of the molecule is CC(C)CCC[C@@H](C)[C@H]1CC[C@H]2[C@@H]3CC=C4C[C@H](O)CC5(OC(=O)CCCCCCCCC(=O)O5)[C@]4(C)[C@H]3CC[C@]12C. The number of carbonyl (C=O) groups is 2. The lowest BCUT2D eigenvalue weighted by molar-refractivity contribution is -0.299. The molecule has 4 fully saturated rings. The minimum Gasteiger partial charge on any atom is -0.421 e. The van der Waals surface area contributed by atoms with Crippen LogP contribution in [0.25, 0.3) is 0 Å². The van der Waals surface area contributed by atoms with Gasteiger partial charge in [-0.3, -0.25) is 9.59 Å². The van der Waals surface area contributed by atoms with Crippen LogP contribution < -0.4 is 0 Å². The summed E-state index contributed by atoms with van der Waals surface area (Å²) < 4.78 is 12.9. The Labute approximate surface area is 256 Å². The number of carbonyl (C=O) groups excluding carboxylic acids is 2. The minimum atomic E-state index is -1.43. The summed E-state index contributed by atoms with van der Waals surface area (Å²) in [6, 6.07) is 0. The highest BCUT2D eigenvalue weighted by Gasteiger charge is 2.68. The fraction of sp³-hybridized carbons (Fsp3) is 0.892. The molecule has 5 aliphatic rings. The van der Waals surface area contributed by atoms with Crippen molar-refractivity contribution in [2.75, 3.05) is 0 Å². The van der Waals surface area contributed by atoms with Crippen LogP contribution in [0.15, 0.2) is 11.6 Å². The number of rotatable bonds is 5. The lowest BCUT2D eigenvalue weighted by atomic mass is 9.45. The highest BCUT2D eigenvalue weighted by Crippen LogP contribution is 2.69. The molecule has 0 aromatic carbocycles. The van der Waals surface area contributed by atoms with E-state index in [1.54, 1.807) is 0 Å². The fourth-order valence-corrected chi connectivity index (χ4v) is 10.8. The van der Waals surface area contributed by atoms with Gasteiger partial charge in [0.05, 0.1) is 17.9 Å². The van der Waals surface area contributed by atoms with Gasteiger partial charge in [0, 0.05) is 12.8 Å². The molecule has 42 heavy (non-hydrogen) atoms. The molecule has 238 valence electrons. The van der Waals surface area contributed by atoms with Crippen molar-refractivity contribution in [3.8, 4) is 0 Å². The number of allylic oxidation sites excluding steroid dienone is 1. The van der Waals surface area contributed by atoms with Gasteiger partial charge in [-0.2, -0.15) is 0 Å². The van der Waals surface area contributed by atoms with Crippen LogP contribution in [0.1, 0.15) is 150 Å². The largest absolute Gasteiger partial charge is 0.421 e. The summed E-state index contributed by atoms with van der Waals surface area (Å²) in [6.45, 7) is 12.0. The monoisotopic (exact) mass is 584 g/mol. The van der Waals surface area contributed by atoms with E-state index in [1.807, 2.05) is 0 Å². The zero-order valence-electron chi connectivity index (χ0n) is 27.4. The molecule has 1 spiro atoms. The van der Waals surface area contributed by atoms with Crippen LogP contribution >= 0.6 is 0 Å². The summed E-state index contributed by atoms with van der Waals surface area (Å²) in [5.41, 5.74) is 0.871. The maximum atomic E-state index is 13.4. The summed E-state index contributed by atoms with van der Waals surface area (Å²) in [5, 5.41) is 11.2. The first-order valence-corrected chi connectivity index (χ1v) is 17.8. The van der Waals surface area contributed by atoms with Crippen molar-refractivity contribution in [2.24, 2.45) is 46.3 Å². The Kier molecular flexibility index (Phi) is 9.87. The topological polar surface area (TPSA) is 72.8 Å². The maximum absolute atomic E-state index is 13.4. The second-order valence-corrected chi connectivity index (χ2v) is 16.0. The number of fused-ring (bicyclic) bond motifs is 6. The smallest absolute Gasteiger partial charge is 0.309 e. The second-order valence-electron chi connectivity index (χ2n) is 16.0. The minimum absolute atomic E-state index is 0.180. The molecule has 5 nitrogen and oxygen atoms in total. The van der Waals surface area contributed by atoms with Gasteiger partial charge in [-0.05, 0) is 99.2 Å². The number of esters is 2. The third-order valence-corrected chi connectivity index (χ3v) is 13.0. The molecule has 1 N–H and O–H groups in total. The molecule has 0 aromatic rings. The molecule has 8 atom stereocenters. The van der Waals surface area contributed by atoms with E-state index in [1.165, 1.54) is 38.5 Å². The van der Waals surface area contributed by atoms with Gasteiger partial charge in [0.25, 0.3) is 5.79 Å². The highest BCUT2D eigenvalue weighted by molar-refractivity contribution is 5.72. The third-order valence-electron chi connectivity index (χ3n) is 13.0. The molecule has 1 aliphatic heterocycles. The van der Waals surface area contributed by atoms with Crippen LogP contribution in [0.5, 0.6) is 0 Å². The summed E-state index contributed by atoms with van der Waals surface area (Å²) in [4.78, 5) is 26.8. The molecule has 0 amide bonds. The van der Waals surface area contributed by atoms with Gasteiger partial charge in [-0.25, -0.2) is 0 Å². The van der Waals surface area contributed by atoms with E-state index in [-0.39, 0.29) is 24.3 Å². The molecule has 5 rings (SSSR count). The average molecular weight is 585 g/mol. The van der Waals surface area contributed by atoms with E-state index in [4.69, 9.17) is 9.47 Å². The summed E-state index contributed by atoms with van der Waals surface area (Å²) >= 11 is 0. The van der Waals surface area contributed by atoms with Crippen LogP contribution in [0.2, 0.25) is 0 Å². The molecule has 5 heteroatoms. The Morgan fingerprint density at radius 1 is 0.881 bits per heavy atom. The molecular weight excluding hydrogens is 524 g/mol. The fourth-order valence-electron chi connectivity index (χ4n) is 10.8. The molecule has 1 saturated heterocycles. The quantitative estimate of drug-likeness (QED) is 0.258. The van der Waals surface area contributed by atoms with Crippen molar-refractivity contribution in [3.05, 3.63) is 11.6 Å². The molecule has 1 heterocycles. The lowest BCUT2D eigenvalue weighted by Crippen LogP contribution is -2.65. The molecule has 0 unspecified atom stereocenters. The first-order chi connectivity index (χ1) is 20.0. The average Bonchev–Trinajstić information content (AvgIpc) is 3.28. The zero-order chi connectivity index (χ0) is 30.1. The van der Waals surface area contributed by atoms with E-state index in [2.05, 4.69) is 40.7 Å². The van der Waals surface area contributed by atoms with Crippen molar-refractivity contribution >= 4 is 11.9 Å². The first-order valence-electron chi connectivity index (χ1n) is 17.8. The Balaban J connectivity index is 1.45. The first kappa shape index (κ1) is 32.0. The van der Waals surface area contributed by atoms with E-state index >= 15 is 0 Å². The molecule has 4 aliphatic carbocycles. The van der Waals surface area contributed by atoms with Crippen LogP contribution in [0.3, 0.4) is 0 Å². The van der Waals surface area contributed by atoms with Crippen LogP contribution in [-0.2, 0) is 19.1 Å². The number of hydrogen-bond acceptors (Lipinski definition) is 5. The molecule has 0 bridgehead atoms. The van der Waals surface area contributed by atoms with Crippen LogP contribution in [0.4, 0.5) is 0 Å². The van der Waals surface area contributed by atoms with Gasteiger partial charge in [0.1, 0.15) is 0 Å². The van der Waals surface area contributed by atoms with Crippen molar-refractivity contribution in [2.45, 2.75) is 162 Å². The lowest BCUT2D eigenvalue weighted by Gasteiger charge is -2.62. The summed E-state index contributed by atoms with van der Waals surface area (Å²) in [6.07, 6.45) is 18.7. The van der Waals surface area contributed by atoms with Crippen LogP contribution in [0, 0.1) is 46.3 Å². The summed E-state index contributed by atoms with van der Waals surface area (Å²) in [5.74, 6) is 1.67. The van der Waals surface area contributed by atoms with Crippen molar-refractivity contribution in [1.29, 1.82) is 0 Å². The van der Waals surface area contributed by atoms with Crippen LogP contribution in [-0.4, -0.2) is 28.9 Å². The van der Waals surface area contributed by atoms with Gasteiger partial charge in [0.2, 0.25) is 0 Å². The Bertz CT molecular complexity index is 976.